The minimum Gasteiger partial charge on any atom is -0.269 e. The number of halogens is 1. The largest absolute Gasteiger partial charge is 0.269 e. The second kappa shape index (κ2) is 17.3. The number of hydrogen-bond donors (Lipinski definition) is 0. The Labute approximate surface area is 45.6 Å². The molecule has 0 saturated heterocycles. The third kappa shape index (κ3) is 27.4. The summed E-state index contributed by atoms with van der Waals surface area (Å²) in [5.74, 6) is 0. The maximum Gasteiger partial charge on any atom is -0.0379 e. The topological polar surface area (TPSA) is 0 Å². The molecular weight excluding hydrogens is 91.1 g/mol. The van der Waals surface area contributed by atoms with Crippen molar-refractivity contribution in [2.24, 2.45) is 0 Å². The van der Waals surface area contributed by atoms with Gasteiger partial charge in [-0.1, -0.05) is 26.5 Å². The van der Waals surface area contributed by atoms with Gasteiger partial charge in [0, 0.05) is 0 Å². The summed E-state index contributed by atoms with van der Waals surface area (Å²) < 4.78 is 0. The van der Waals surface area contributed by atoms with Crippen molar-refractivity contribution < 1.29 is 4.70 Å². The van der Waals surface area contributed by atoms with Gasteiger partial charge in [-0.05, 0) is 13.3 Å². The molecule has 0 atom stereocenters. The zero-order valence-corrected chi connectivity index (χ0v) is 4.27. The van der Waals surface area contributed by atoms with Crippen molar-refractivity contribution in [3.05, 3.63) is 12.2 Å². The standard InChI is InChI=1S/C5H10.CH4.FH/c1-3-5-4-2;;/h3,5H,4H2,1-2H3;1H4;1H/b5-3+;;. The van der Waals surface area contributed by atoms with Crippen LogP contribution in [0.1, 0.15) is 27.7 Å². The van der Waals surface area contributed by atoms with Crippen molar-refractivity contribution in [1.29, 1.82) is 0 Å². The Morgan fingerprint density at radius 1 is 1.43 bits per heavy atom. The van der Waals surface area contributed by atoms with Crippen LogP contribution in [0.4, 0.5) is 4.70 Å². The van der Waals surface area contributed by atoms with Crippen LogP contribution >= 0.6 is 0 Å². The smallest absolute Gasteiger partial charge is 0.0379 e. The van der Waals surface area contributed by atoms with Gasteiger partial charge in [-0.3, -0.25) is 4.70 Å². The van der Waals surface area contributed by atoms with Gasteiger partial charge in [0.25, 0.3) is 0 Å². The Morgan fingerprint density at radius 2 is 1.86 bits per heavy atom. The summed E-state index contributed by atoms with van der Waals surface area (Å²) in [6, 6.07) is 0. The normalized spacial score (nSPS) is 7.14. The lowest BCUT2D eigenvalue weighted by molar-refractivity contribution is 1.11. The summed E-state index contributed by atoms with van der Waals surface area (Å²) in [4.78, 5) is 0. The summed E-state index contributed by atoms with van der Waals surface area (Å²) in [6.07, 6.45) is 5.34. The second-order valence-corrected chi connectivity index (χ2v) is 0.977. The molecule has 0 saturated carbocycles. The molecule has 0 radical (unpaired) electrons. The van der Waals surface area contributed by atoms with E-state index in [0.717, 1.165) is 6.42 Å². The van der Waals surface area contributed by atoms with Gasteiger partial charge in [0.05, 0.1) is 0 Å². The summed E-state index contributed by atoms with van der Waals surface area (Å²) in [6.45, 7) is 4.16. The molecule has 1 heteroatoms. The molecule has 0 aromatic carbocycles. The molecule has 0 aliphatic rings. The molecule has 46 valence electrons. The highest BCUT2D eigenvalue weighted by atomic mass is 19.0. The Balaban J connectivity index is -0.0000000800. The van der Waals surface area contributed by atoms with Crippen molar-refractivity contribution in [3.63, 3.8) is 0 Å². The third-order valence-electron chi connectivity index (χ3n) is 0.471. The van der Waals surface area contributed by atoms with E-state index in [0.29, 0.717) is 0 Å². The zero-order valence-electron chi connectivity index (χ0n) is 4.27. The highest BCUT2D eigenvalue weighted by molar-refractivity contribution is 4.73. The first-order valence-electron chi connectivity index (χ1n) is 2.03. The molecule has 0 nitrogen and oxygen atoms in total. The molecule has 0 aliphatic heterocycles. The molecular formula is C6H15F. The molecule has 7 heavy (non-hydrogen) atoms. The zero-order chi connectivity index (χ0) is 4.12. The average Bonchev–Trinajstić information content (AvgIpc) is 1.41. The Morgan fingerprint density at radius 3 is 1.86 bits per heavy atom. The minimum absolute atomic E-state index is 0. The van der Waals surface area contributed by atoms with Crippen molar-refractivity contribution >= 4 is 0 Å². The molecule has 0 amide bonds. The lowest BCUT2D eigenvalue weighted by atomic mass is 10.4. The fourth-order valence-corrected chi connectivity index (χ4v) is 0.236. The van der Waals surface area contributed by atoms with Crippen LogP contribution in [-0.4, -0.2) is 0 Å². The maximum atomic E-state index is 2.12. The van der Waals surface area contributed by atoms with Gasteiger partial charge >= 0.3 is 0 Å². The lowest BCUT2D eigenvalue weighted by Crippen LogP contribution is -1.43. The van der Waals surface area contributed by atoms with E-state index in [9.17, 15) is 0 Å². The fraction of sp³-hybridized carbons (Fsp3) is 0.667. The van der Waals surface area contributed by atoms with Gasteiger partial charge in [0.2, 0.25) is 0 Å². The van der Waals surface area contributed by atoms with E-state index in [4.69, 9.17) is 0 Å². The fourth-order valence-electron chi connectivity index (χ4n) is 0.236. The first kappa shape index (κ1) is 15.9. The molecule has 0 aromatic heterocycles. The molecule has 0 aliphatic carbocycles. The van der Waals surface area contributed by atoms with Crippen LogP contribution in [0.3, 0.4) is 0 Å². The van der Waals surface area contributed by atoms with Crippen molar-refractivity contribution in [2.75, 3.05) is 0 Å². The van der Waals surface area contributed by atoms with Gasteiger partial charge in [0.1, 0.15) is 0 Å². The summed E-state index contributed by atoms with van der Waals surface area (Å²) in [5.41, 5.74) is 0. The molecule has 0 spiro atoms. The Bertz CT molecular complexity index is 31.2. The van der Waals surface area contributed by atoms with E-state index < -0.39 is 0 Å². The lowest BCUT2D eigenvalue weighted by Gasteiger charge is -1.65. The van der Waals surface area contributed by atoms with Crippen LogP contribution in [-0.2, 0) is 0 Å². The van der Waals surface area contributed by atoms with Gasteiger partial charge < -0.3 is 0 Å². The molecule has 0 fully saturated rings. The van der Waals surface area contributed by atoms with E-state index in [1.54, 1.807) is 0 Å². The molecule has 0 aromatic rings. The Kier molecular flexibility index (Phi) is 39.5. The predicted molar refractivity (Wildman–Crippen MR) is 34.3 cm³/mol. The van der Waals surface area contributed by atoms with Crippen LogP contribution in [0.15, 0.2) is 12.2 Å². The van der Waals surface area contributed by atoms with E-state index in [1.165, 1.54) is 0 Å². The van der Waals surface area contributed by atoms with Gasteiger partial charge in [-0.25, -0.2) is 0 Å². The average molecular weight is 106 g/mol. The number of rotatable bonds is 1. The summed E-state index contributed by atoms with van der Waals surface area (Å²) >= 11 is 0. The molecule has 0 N–H and O–H groups in total. The molecule has 0 bridgehead atoms. The third-order valence-corrected chi connectivity index (χ3v) is 0.471. The summed E-state index contributed by atoms with van der Waals surface area (Å²) in [5, 5.41) is 0. The predicted octanol–water partition coefficient (Wildman–Crippen LogP) is 2.76. The van der Waals surface area contributed by atoms with Crippen LogP contribution in [0, 0.1) is 0 Å². The van der Waals surface area contributed by atoms with Crippen molar-refractivity contribution in [3.8, 4) is 0 Å². The molecule has 0 heterocycles. The minimum atomic E-state index is 0. The van der Waals surface area contributed by atoms with Gasteiger partial charge in [0.15, 0.2) is 0 Å². The van der Waals surface area contributed by atoms with E-state index in [-0.39, 0.29) is 12.1 Å². The number of hydrogen-bond acceptors (Lipinski definition) is 0. The first-order chi connectivity index (χ1) is 2.41. The van der Waals surface area contributed by atoms with Crippen LogP contribution in [0.5, 0.6) is 0 Å². The highest BCUT2D eigenvalue weighted by Crippen LogP contribution is 1.73. The first-order valence-corrected chi connectivity index (χ1v) is 2.03. The van der Waals surface area contributed by atoms with E-state index >= 15 is 0 Å². The van der Waals surface area contributed by atoms with Crippen LogP contribution in [0.2, 0.25) is 0 Å². The molecule has 0 rings (SSSR count). The SMILES string of the molecule is C.C/C=C/CC.F. The molecule has 0 unspecified atom stereocenters. The number of allylic oxidation sites excluding steroid dienone is 2. The highest BCUT2D eigenvalue weighted by Gasteiger charge is 1.52. The monoisotopic (exact) mass is 106 g/mol. The maximum absolute atomic E-state index is 2.12. The van der Waals surface area contributed by atoms with Gasteiger partial charge in [-0.15, -0.1) is 0 Å². The van der Waals surface area contributed by atoms with Crippen molar-refractivity contribution in [1.82, 2.24) is 0 Å². The van der Waals surface area contributed by atoms with E-state index in [1.807, 2.05) is 6.92 Å². The van der Waals surface area contributed by atoms with Crippen LogP contribution < -0.4 is 0 Å². The quantitative estimate of drug-likeness (QED) is 0.451. The van der Waals surface area contributed by atoms with E-state index in [2.05, 4.69) is 19.1 Å². The Hall–Kier alpha value is -0.330. The second-order valence-electron chi connectivity index (χ2n) is 0.977. The summed E-state index contributed by atoms with van der Waals surface area (Å²) in [7, 11) is 0. The van der Waals surface area contributed by atoms with Crippen LogP contribution in [0.25, 0.3) is 0 Å². The van der Waals surface area contributed by atoms with Gasteiger partial charge in [-0.2, -0.15) is 0 Å². The van der Waals surface area contributed by atoms with Crippen molar-refractivity contribution in [2.45, 2.75) is 27.7 Å².